The Kier molecular flexibility index (Phi) is 5.21. The standard InChI is InChI=1S/C22H25N3O/c1-3-20-24(2)16-17-25(20)15-14-22(21(23)26,18-10-6-4-7-11-18)19-12-8-5-9-13-19/h4-13,16-17H,3,14-15H2,1-2H3,(H-,23,26)/p+1. The smallest absolute Gasteiger partial charge is 0.255 e. The molecule has 134 valence electrons. The molecule has 3 rings (SSSR count). The van der Waals surface area contributed by atoms with Crippen LogP contribution in [0.15, 0.2) is 73.1 Å². The number of carbonyl (C=O) groups is 1. The van der Waals surface area contributed by atoms with Crippen LogP contribution in [-0.2, 0) is 30.2 Å². The number of imidazole rings is 1. The second-order valence-corrected chi connectivity index (χ2v) is 6.62. The molecule has 0 unspecified atom stereocenters. The molecule has 0 atom stereocenters. The number of benzene rings is 2. The normalized spacial score (nSPS) is 11.5. The van der Waals surface area contributed by atoms with Gasteiger partial charge >= 0.3 is 0 Å². The van der Waals surface area contributed by atoms with Gasteiger partial charge in [-0.1, -0.05) is 67.6 Å². The van der Waals surface area contributed by atoms with Crippen molar-refractivity contribution >= 4 is 5.91 Å². The third-order valence-corrected chi connectivity index (χ3v) is 5.21. The Morgan fingerprint density at radius 3 is 2.04 bits per heavy atom. The van der Waals surface area contributed by atoms with Crippen molar-refractivity contribution in [2.24, 2.45) is 12.8 Å². The molecule has 2 N–H and O–H groups in total. The van der Waals surface area contributed by atoms with E-state index in [1.807, 2.05) is 67.7 Å². The third-order valence-electron chi connectivity index (χ3n) is 5.21. The van der Waals surface area contributed by atoms with Gasteiger partial charge in [-0.2, -0.15) is 0 Å². The van der Waals surface area contributed by atoms with E-state index in [4.69, 9.17) is 5.73 Å². The van der Waals surface area contributed by atoms with Crippen LogP contribution in [0.2, 0.25) is 0 Å². The molecule has 0 aliphatic carbocycles. The van der Waals surface area contributed by atoms with Crippen molar-refractivity contribution in [1.82, 2.24) is 4.57 Å². The minimum absolute atomic E-state index is 0.315. The van der Waals surface area contributed by atoms with E-state index in [9.17, 15) is 4.79 Å². The number of nitrogens with zero attached hydrogens (tertiary/aromatic N) is 2. The molecule has 2 aromatic carbocycles. The molecular formula is C22H26N3O+. The zero-order valence-electron chi connectivity index (χ0n) is 15.4. The fraction of sp³-hybridized carbons (Fsp3) is 0.273. The summed E-state index contributed by atoms with van der Waals surface area (Å²) >= 11 is 0. The maximum absolute atomic E-state index is 12.8. The summed E-state index contributed by atoms with van der Waals surface area (Å²) in [6.45, 7) is 2.86. The lowest BCUT2D eigenvalue weighted by Gasteiger charge is -2.31. The number of aryl methyl sites for hydroxylation is 2. The Bertz CT molecular complexity index is 829. The summed E-state index contributed by atoms with van der Waals surface area (Å²) in [6.07, 6.45) is 5.66. The quantitative estimate of drug-likeness (QED) is 0.656. The van der Waals surface area contributed by atoms with E-state index in [0.29, 0.717) is 6.42 Å². The summed E-state index contributed by atoms with van der Waals surface area (Å²) in [5.74, 6) is 0.911. The minimum atomic E-state index is -0.851. The highest BCUT2D eigenvalue weighted by Crippen LogP contribution is 2.36. The first-order chi connectivity index (χ1) is 12.6. The number of primary amides is 1. The molecule has 0 bridgehead atoms. The summed E-state index contributed by atoms with van der Waals surface area (Å²) in [5, 5.41) is 0. The van der Waals surface area contributed by atoms with Crippen LogP contribution in [0.25, 0.3) is 0 Å². The Morgan fingerprint density at radius 1 is 1.04 bits per heavy atom. The van der Waals surface area contributed by atoms with Crippen LogP contribution in [0.4, 0.5) is 0 Å². The predicted octanol–water partition coefficient (Wildman–Crippen LogP) is 2.74. The average Bonchev–Trinajstić information content (AvgIpc) is 3.03. The molecule has 0 spiro atoms. The molecule has 0 saturated carbocycles. The van der Waals surface area contributed by atoms with Crippen LogP contribution >= 0.6 is 0 Å². The summed E-state index contributed by atoms with van der Waals surface area (Å²) in [5.41, 5.74) is 7.05. The molecule has 1 aromatic heterocycles. The van der Waals surface area contributed by atoms with Crippen molar-refractivity contribution in [2.45, 2.75) is 31.7 Å². The van der Waals surface area contributed by atoms with Gasteiger partial charge in [0.15, 0.2) is 0 Å². The van der Waals surface area contributed by atoms with Crippen LogP contribution in [0, 0.1) is 0 Å². The topological polar surface area (TPSA) is 51.9 Å². The van der Waals surface area contributed by atoms with Crippen LogP contribution in [0.1, 0.15) is 30.3 Å². The Morgan fingerprint density at radius 2 is 1.58 bits per heavy atom. The Balaban J connectivity index is 2.07. The lowest BCUT2D eigenvalue weighted by atomic mass is 9.71. The molecule has 0 aliphatic heterocycles. The highest BCUT2D eigenvalue weighted by atomic mass is 16.1. The number of hydrogen-bond acceptors (Lipinski definition) is 1. The first-order valence-corrected chi connectivity index (χ1v) is 9.04. The molecule has 26 heavy (non-hydrogen) atoms. The molecule has 0 aliphatic rings. The van der Waals surface area contributed by atoms with Crippen LogP contribution < -0.4 is 10.3 Å². The van der Waals surface area contributed by atoms with Gasteiger partial charge in [-0.25, -0.2) is 9.13 Å². The first kappa shape index (κ1) is 17.9. The molecular weight excluding hydrogens is 322 g/mol. The fourth-order valence-corrected chi connectivity index (χ4v) is 3.81. The maximum atomic E-state index is 12.8. The van der Waals surface area contributed by atoms with Gasteiger partial charge in [0.1, 0.15) is 17.8 Å². The van der Waals surface area contributed by atoms with Crippen molar-refractivity contribution in [1.29, 1.82) is 0 Å². The third kappa shape index (κ3) is 3.15. The fourth-order valence-electron chi connectivity index (χ4n) is 3.81. The Labute approximate surface area is 154 Å². The highest BCUT2D eigenvalue weighted by molar-refractivity contribution is 5.90. The average molecular weight is 348 g/mol. The molecule has 0 fully saturated rings. The van der Waals surface area contributed by atoms with Gasteiger partial charge in [-0.05, 0) is 11.1 Å². The van der Waals surface area contributed by atoms with Crippen LogP contribution in [0.3, 0.4) is 0 Å². The summed E-state index contributed by atoms with van der Waals surface area (Å²) in [4.78, 5) is 12.8. The van der Waals surface area contributed by atoms with Crippen LogP contribution in [0.5, 0.6) is 0 Å². The number of nitrogens with two attached hydrogens (primary N) is 1. The number of aromatic nitrogens is 2. The van der Waals surface area contributed by atoms with Gasteiger partial charge in [0.05, 0.1) is 13.6 Å². The van der Waals surface area contributed by atoms with Crippen molar-refractivity contribution in [3.8, 4) is 0 Å². The molecule has 0 saturated heterocycles. The van der Waals surface area contributed by atoms with E-state index in [2.05, 4.69) is 28.5 Å². The van der Waals surface area contributed by atoms with E-state index in [1.165, 1.54) is 5.82 Å². The molecule has 0 radical (unpaired) electrons. The molecule has 4 nitrogen and oxygen atoms in total. The monoisotopic (exact) mass is 348 g/mol. The molecule has 4 heteroatoms. The molecule has 3 aromatic rings. The largest absolute Gasteiger partial charge is 0.369 e. The summed E-state index contributed by atoms with van der Waals surface area (Å²) in [6, 6.07) is 19.7. The first-order valence-electron chi connectivity index (χ1n) is 9.04. The summed E-state index contributed by atoms with van der Waals surface area (Å²) in [7, 11) is 2.05. The number of carbonyl (C=O) groups excluding carboxylic acids is 1. The van der Waals surface area contributed by atoms with Gasteiger partial charge in [0.25, 0.3) is 5.82 Å². The van der Waals surface area contributed by atoms with E-state index in [1.54, 1.807) is 0 Å². The van der Waals surface area contributed by atoms with Gasteiger partial charge in [0.2, 0.25) is 5.91 Å². The summed E-state index contributed by atoms with van der Waals surface area (Å²) < 4.78 is 4.33. The number of amides is 1. The highest BCUT2D eigenvalue weighted by Gasteiger charge is 2.40. The second-order valence-electron chi connectivity index (χ2n) is 6.62. The van der Waals surface area contributed by atoms with E-state index >= 15 is 0 Å². The van der Waals surface area contributed by atoms with Crippen LogP contribution in [-0.4, -0.2) is 10.5 Å². The van der Waals surface area contributed by atoms with Crippen molar-refractivity contribution in [3.05, 3.63) is 90.0 Å². The van der Waals surface area contributed by atoms with Crippen molar-refractivity contribution < 1.29 is 9.36 Å². The van der Waals surface area contributed by atoms with Crippen molar-refractivity contribution in [3.63, 3.8) is 0 Å². The predicted molar refractivity (Wildman–Crippen MR) is 102 cm³/mol. The minimum Gasteiger partial charge on any atom is -0.369 e. The van der Waals surface area contributed by atoms with E-state index < -0.39 is 5.41 Å². The number of rotatable bonds is 7. The second kappa shape index (κ2) is 7.56. The van der Waals surface area contributed by atoms with Gasteiger partial charge in [0, 0.05) is 12.8 Å². The molecule has 1 heterocycles. The lowest BCUT2D eigenvalue weighted by Crippen LogP contribution is -2.43. The van der Waals surface area contributed by atoms with E-state index in [0.717, 1.165) is 24.1 Å². The number of hydrogen-bond donors (Lipinski definition) is 1. The SMILES string of the molecule is CCc1n(CCC(C(N)=O)(c2ccccc2)c2ccccc2)cc[n+]1C. The zero-order chi connectivity index (χ0) is 18.6. The van der Waals surface area contributed by atoms with E-state index in [-0.39, 0.29) is 5.91 Å². The maximum Gasteiger partial charge on any atom is 0.255 e. The van der Waals surface area contributed by atoms with Gasteiger partial charge < -0.3 is 5.73 Å². The molecule has 1 amide bonds. The zero-order valence-corrected chi connectivity index (χ0v) is 15.4. The van der Waals surface area contributed by atoms with Gasteiger partial charge in [-0.15, -0.1) is 0 Å². The van der Waals surface area contributed by atoms with Crippen molar-refractivity contribution in [2.75, 3.05) is 0 Å². The Hall–Kier alpha value is -2.88. The lowest BCUT2D eigenvalue weighted by molar-refractivity contribution is -0.678. The van der Waals surface area contributed by atoms with Gasteiger partial charge in [-0.3, -0.25) is 4.79 Å².